The molecule has 1 heterocycles. The first-order chi connectivity index (χ1) is 9.88. The van der Waals surface area contributed by atoms with Gasteiger partial charge in [-0.2, -0.15) is 0 Å². The number of halogens is 1. The molecular formula is C17H28BrN3. The Morgan fingerprint density at radius 1 is 1.19 bits per heavy atom. The summed E-state index contributed by atoms with van der Waals surface area (Å²) in [5.74, 6) is 0. The van der Waals surface area contributed by atoms with E-state index in [1.807, 2.05) is 0 Å². The Hall–Kier alpha value is -0.420. The van der Waals surface area contributed by atoms with Gasteiger partial charge >= 0.3 is 0 Å². The van der Waals surface area contributed by atoms with Crippen molar-refractivity contribution in [3.05, 3.63) is 33.8 Å². The van der Waals surface area contributed by atoms with Crippen molar-refractivity contribution >= 4 is 15.9 Å². The highest BCUT2D eigenvalue weighted by atomic mass is 79.9. The molecule has 21 heavy (non-hydrogen) atoms. The largest absolute Gasteiger partial charge is 0.311 e. The third-order valence-corrected chi connectivity index (χ3v) is 5.34. The second-order valence-electron chi connectivity index (χ2n) is 6.79. The van der Waals surface area contributed by atoms with E-state index in [0.29, 0.717) is 0 Å². The van der Waals surface area contributed by atoms with Crippen LogP contribution in [-0.2, 0) is 6.54 Å². The highest BCUT2D eigenvalue weighted by molar-refractivity contribution is 9.10. The molecule has 0 aliphatic carbocycles. The standard InChI is InChI=1S/C17H28BrN3/c1-14-5-6-15(11-16(14)18)12-19-13-17(2,3)21-9-7-20(4)8-10-21/h5-6,11,19H,7-10,12-13H2,1-4H3. The van der Waals surface area contributed by atoms with Gasteiger partial charge in [-0.1, -0.05) is 28.1 Å². The van der Waals surface area contributed by atoms with Gasteiger partial charge in [-0.05, 0) is 45.0 Å². The molecule has 1 aromatic rings. The lowest BCUT2D eigenvalue weighted by Crippen LogP contribution is -2.57. The molecule has 1 fully saturated rings. The molecule has 4 heteroatoms. The van der Waals surface area contributed by atoms with E-state index in [4.69, 9.17) is 0 Å². The number of hydrogen-bond donors (Lipinski definition) is 1. The molecular weight excluding hydrogens is 326 g/mol. The molecule has 0 bridgehead atoms. The lowest BCUT2D eigenvalue weighted by molar-refractivity contribution is 0.0618. The SMILES string of the molecule is Cc1ccc(CNCC(C)(C)N2CCN(C)CC2)cc1Br. The summed E-state index contributed by atoms with van der Waals surface area (Å²) in [6.45, 7) is 13.4. The first kappa shape index (κ1) is 16.9. The Labute approximate surface area is 137 Å². The van der Waals surface area contributed by atoms with Crippen molar-refractivity contribution in [2.75, 3.05) is 39.8 Å². The fraction of sp³-hybridized carbons (Fsp3) is 0.647. The minimum atomic E-state index is 0.211. The number of likely N-dealkylation sites (N-methyl/N-ethyl adjacent to an activating group) is 1. The summed E-state index contributed by atoms with van der Waals surface area (Å²) in [4.78, 5) is 5.01. The van der Waals surface area contributed by atoms with Crippen molar-refractivity contribution in [2.24, 2.45) is 0 Å². The number of piperazine rings is 1. The van der Waals surface area contributed by atoms with Gasteiger partial charge in [-0.25, -0.2) is 0 Å². The number of nitrogens with zero attached hydrogens (tertiary/aromatic N) is 2. The lowest BCUT2D eigenvalue weighted by Gasteiger charge is -2.43. The fourth-order valence-corrected chi connectivity index (χ4v) is 3.21. The molecule has 1 N–H and O–H groups in total. The fourth-order valence-electron chi connectivity index (χ4n) is 2.78. The summed E-state index contributed by atoms with van der Waals surface area (Å²) >= 11 is 3.60. The number of hydrogen-bond acceptors (Lipinski definition) is 3. The van der Waals surface area contributed by atoms with Gasteiger partial charge in [0, 0.05) is 49.3 Å². The zero-order valence-corrected chi connectivity index (χ0v) is 15.3. The van der Waals surface area contributed by atoms with E-state index in [-0.39, 0.29) is 5.54 Å². The highest BCUT2D eigenvalue weighted by Crippen LogP contribution is 2.18. The maximum atomic E-state index is 3.62. The third kappa shape index (κ3) is 4.78. The van der Waals surface area contributed by atoms with Gasteiger partial charge in [-0.3, -0.25) is 4.90 Å². The first-order valence-electron chi connectivity index (χ1n) is 7.78. The van der Waals surface area contributed by atoms with Gasteiger partial charge in [0.25, 0.3) is 0 Å². The van der Waals surface area contributed by atoms with E-state index in [1.165, 1.54) is 41.8 Å². The van der Waals surface area contributed by atoms with Crippen LogP contribution < -0.4 is 5.32 Å². The average molecular weight is 354 g/mol. The smallest absolute Gasteiger partial charge is 0.0278 e. The molecule has 0 atom stereocenters. The van der Waals surface area contributed by atoms with Gasteiger partial charge in [0.05, 0.1) is 0 Å². The third-order valence-electron chi connectivity index (χ3n) is 4.48. The van der Waals surface area contributed by atoms with E-state index in [9.17, 15) is 0 Å². The number of rotatable bonds is 5. The van der Waals surface area contributed by atoms with Gasteiger partial charge in [0.2, 0.25) is 0 Å². The second kappa shape index (κ2) is 7.23. The van der Waals surface area contributed by atoms with Crippen LogP contribution in [0.25, 0.3) is 0 Å². The lowest BCUT2D eigenvalue weighted by atomic mass is 10.0. The minimum absolute atomic E-state index is 0.211. The summed E-state index contributed by atoms with van der Waals surface area (Å²) in [7, 11) is 2.21. The van der Waals surface area contributed by atoms with Crippen LogP contribution in [0.1, 0.15) is 25.0 Å². The van der Waals surface area contributed by atoms with Crippen molar-refractivity contribution in [1.82, 2.24) is 15.1 Å². The second-order valence-corrected chi connectivity index (χ2v) is 7.64. The van der Waals surface area contributed by atoms with E-state index >= 15 is 0 Å². The minimum Gasteiger partial charge on any atom is -0.311 e. The van der Waals surface area contributed by atoms with Crippen LogP contribution in [0.5, 0.6) is 0 Å². The molecule has 0 radical (unpaired) electrons. The molecule has 0 amide bonds. The molecule has 0 unspecified atom stereocenters. The zero-order valence-electron chi connectivity index (χ0n) is 13.7. The van der Waals surface area contributed by atoms with Crippen LogP contribution in [0, 0.1) is 6.92 Å². The molecule has 118 valence electrons. The van der Waals surface area contributed by atoms with Gasteiger partial charge in [0.1, 0.15) is 0 Å². The molecule has 1 aliphatic heterocycles. The maximum Gasteiger partial charge on any atom is 0.0278 e. The molecule has 1 aliphatic rings. The van der Waals surface area contributed by atoms with E-state index in [2.05, 4.69) is 77.1 Å². The monoisotopic (exact) mass is 353 g/mol. The van der Waals surface area contributed by atoms with E-state index in [1.54, 1.807) is 0 Å². The Morgan fingerprint density at radius 2 is 1.86 bits per heavy atom. The van der Waals surface area contributed by atoms with Crippen molar-refractivity contribution < 1.29 is 0 Å². The first-order valence-corrected chi connectivity index (χ1v) is 8.57. The normalized spacial score (nSPS) is 18.1. The maximum absolute atomic E-state index is 3.62. The number of aryl methyl sites for hydroxylation is 1. The Bertz CT molecular complexity index is 465. The van der Waals surface area contributed by atoms with Gasteiger partial charge in [-0.15, -0.1) is 0 Å². The molecule has 1 aromatic carbocycles. The quantitative estimate of drug-likeness (QED) is 0.877. The van der Waals surface area contributed by atoms with Crippen LogP contribution >= 0.6 is 15.9 Å². The molecule has 1 saturated heterocycles. The molecule has 0 aromatic heterocycles. The summed E-state index contributed by atoms with van der Waals surface area (Å²) in [5, 5.41) is 3.62. The molecule has 2 rings (SSSR count). The van der Waals surface area contributed by atoms with Crippen molar-refractivity contribution in [1.29, 1.82) is 0 Å². The van der Waals surface area contributed by atoms with Crippen LogP contribution in [0.3, 0.4) is 0 Å². The van der Waals surface area contributed by atoms with Crippen LogP contribution in [-0.4, -0.2) is 55.1 Å². The van der Waals surface area contributed by atoms with Gasteiger partial charge < -0.3 is 10.2 Å². The van der Waals surface area contributed by atoms with Crippen LogP contribution in [0.2, 0.25) is 0 Å². The molecule has 0 spiro atoms. The Balaban J connectivity index is 1.82. The number of benzene rings is 1. The summed E-state index contributed by atoms with van der Waals surface area (Å²) < 4.78 is 1.19. The molecule has 3 nitrogen and oxygen atoms in total. The molecule has 0 saturated carbocycles. The number of nitrogens with one attached hydrogen (secondary N) is 1. The predicted octanol–water partition coefficient (Wildman–Crippen LogP) is 2.87. The van der Waals surface area contributed by atoms with Crippen LogP contribution in [0.15, 0.2) is 22.7 Å². The zero-order chi connectivity index (χ0) is 15.5. The predicted molar refractivity (Wildman–Crippen MR) is 93.7 cm³/mol. The average Bonchev–Trinajstić information content (AvgIpc) is 2.43. The van der Waals surface area contributed by atoms with Crippen molar-refractivity contribution in [2.45, 2.75) is 32.9 Å². The summed E-state index contributed by atoms with van der Waals surface area (Å²) in [6, 6.07) is 6.59. The Kier molecular flexibility index (Phi) is 5.83. The van der Waals surface area contributed by atoms with Crippen molar-refractivity contribution in [3.8, 4) is 0 Å². The van der Waals surface area contributed by atoms with Crippen LogP contribution in [0.4, 0.5) is 0 Å². The summed E-state index contributed by atoms with van der Waals surface area (Å²) in [5.41, 5.74) is 2.83. The van der Waals surface area contributed by atoms with Gasteiger partial charge in [0.15, 0.2) is 0 Å². The highest BCUT2D eigenvalue weighted by Gasteiger charge is 2.28. The summed E-state index contributed by atoms with van der Waals surface area (Å²) in [6.07, 6.45) is 0. The van der Waals surface area contributed by atoms with E-state index in [0.717, 1.165) is 13.1 Å². The topological polar surface area (TPSA) is 18.5 Å². The van der Waals surface area contributed by atoms with E-state index < -0.39 is 0 Å². The van der Waals surface area contributed by atoms with Crippen molar-refractivity contribution in [3.63, 3.8) is 0 Å². The Morgan fingerprint density at radius 3 is 2.48 bits per heavy atom.